The van der Waals surface area contributed by atoms with Gasteiger partial charge in [0.1, 0.15) is 0 Å². The lowest BCUT2D eigenvalue weighted by Gasteiger charge is -2.08. The summed E-state index contributed by atoms with van der Waals surface area (Å²) in [5.41, 5.74) is -0.312. The quantitative estimate of drug-likeness (QED) is 0.603. The van der Waals surface area contributed by atoms with Crippen molar-refractivity contribution in [2.75, 3.05) is 14.1 Å². The zero-order valence-electron chi connectivity index (χ0n) is 7.07. The molecular formula is C7H10F3NO. The van der Waals surface area contributed by atoms with Crippen LogP contribution in [0.3, 0.4) is 0 Å². The molecular weight excluding hydrogens is 171 g/mol. The molecule has 5 heteroatoms. The molecule has 0 unspecified atom stereocenters. The first-order valence-corrected chi connectivity index (χ1v) is 3.21. The second-order valence-corrected chi connectivity index (χ2v) is 2.60. The Bertz CT molecular complexity index is 205. The van der Waals surface area contributed by atoms with Gasteiger partial charge in [-0.05, 0) is 6.92 Å². The largest absolute Gasteiger partial charge is 0.454 e. The van der Waals surface area contributed by atoms with Crippen molar-refractivity contribution >= 4 is 5.78 Å². The molecule has 0 atom stereocenters. The first-order valence-electron chi connectivity index (χ1n) is 3.21. The maximum Gasteiger partial charge on any atom is 0.454 e. The molecule has 0 aromatic rings. The fourth-order valence-electron chi connectivity index (χ4n) is 0.669. The average molecular weight is 181 g/mol. The van der Waals surface area contributed by atoms with Crippen LogP contribution in [0.15, 0.2) is 11.8 Å². The summed E-state index contributed by atoms with van der Waals surface area (Å²) in [5.74, 6) is -1.80. The Kier molecular flexibility index (Phi) is 3.30. The highest BCUT2D eigenvalue weighted by Crippen LogP contribution is 2.20. The van der Waals surface area contributed by atoms with E-state index in [1.807, 2.05) is 0 Å². The van der Waals surface area contributed by atoms with Crippen LogP contribution in [0.5, 0.6) is 0 Å². The van der Waals surface area contributed by atoms with E-state index in [2.05, 4.69) is 0 Å². The molecule has 70 valence electrons. The summed E-state index contributed by atoms with van der Waals surface area (Å²) in [6, 6.07) is 0. The van der Waals surface area contributed by atoms with Crippen LogP contribution in [-0.2, 0) is 4.79 Å². The number of hydrogen-bond acceptors (Lipinski definition) is 2. The van der Waals surface area contributed by atoms with Crippen LogP contribution in [0.2, 0.25) is 0 Å². The second-order valence-electron chi connectivity index (χ2n) is 2.60. The van der Waals surface area contributed by atoms with Gasteiger partial charge in [0, 0.05) is 25.9 Å². The predicted molar refractivity (Wildman–Crippen MR) is 38.5 cm³/mol. The summed E-state index contributed by atoms with van der Waals surface area (Å²) >= 11 is 0. The number of halogens is 3. The Morgan fingerprint density at radius 3 is 2.00 bits per heavy atom. The van der Waals surface area contributed by atoms with Crippen molar-refractivity contribution < 1.29 is 18.0 Å². The lowest BCUT2D eigenvalue weighted by atomic mass is 10.2. The third-order valence-electron chi connectivity index (χ3n) is 1.07. The maximum atomic E-state index is 11.7. The van der Waals surface area contributed by atoms with Gasteiger partial charge in [-0.25, -0.2) is 0 Å². The van der Waals surface area contributed by atoms with Crippen molar-refractivity contribution in [3.8, 4) is 0 Å². The van der Waals surface area contributed by atoms with Crippen LogP contribution >= 0.6 is 0 Å². The van der Waals surface area contributed by atoms with Gasteiger partial charge in [0.05, 0.1) is 0 Å². The molecule has 0 amide bonds. The first kappa shape index (κ1) is 11.0. The van der Waals surface area contributed by atoms with Crippen molar-refractivity contribution in [1.29, 1.82) is 0 Å². The summed E-state index contributed by atoms with van der Waals surface area (Å²) in [4.78, 5) is 11.9. The lowest BCUT2D eigenvalue weighted by Crippen LogP contribution is -2.24. The van der Waals surface area contributed by atoms with Crippen LogP contribution in [0.4, 0.5) is 13.2 Å². The first-order chi connectivity index (χ1) is 5.25. The van der Waals surface area contributed by atoms with E-state index in [4.69, 9.17) is 0 Å². The molecule has 0 aliphatic carbocycles. The van der Waals surface area contributed by atoms with Gasteiger partial charge in [0.25, 0.3) is 5.78 Å². The third kappa shape index (κ3) is 3.41. The Morgan fingerprint density at radius 1 is 1.33 bits per heavy atom. The molecule has 0 aromatic carbocycles. The van der Waals surface area contributed by atoms with Crippen molar-refractivity contribution in [3.05, 3.63) is 11.8 Å². The minimum absolute atomic E-state index is 0.312. The van der Waals surface area contributed by atoms with Gasteiger partial charge in [0.15, 0.2) is 0 Å². The van der Waals surface area contributed by atoms with Gasteiger partial charge in [-0.15, -0.1) is 0 Å². The molecule has 2 nitrogen and oxygen atoms in total. The van der Waals surface area contributed by atoms with E-state index in [0.29, 0.717) is 0 Å². The van der Waals surface area contributed by atoms with E-state index in [0.717, 1.165) is 13.1 Å². The number of Topliss-reactive ketones (excluding diaryl/α,β-unsaturated/α-hetero) is 1. The minimum atomic E-state index is -4.77. The van der Waals surface area contributed by atoms with Crippen LogP contribution in [-0.4, -0.2) is 31.0 Å². The van der Waals surface area contributed by atoms with E-state index in [1.165, 1.54) is 4.90 Å². The van der Waals surface area contributed by atoms with Crippen molar-refractivity contribution in [1.82, 2.24) is 4.90 Å². The average Bonchev–Trinajstić information content (AvgIpc) is 1.82. The van der Waals surface area contributed by atoms with Crippen LogP contribution in [0, 0.1) is 0 Å². The van der Waals surface area contributed by atoms with Gasteiger partial charge in [0.2, 0.25) is 0 Å². The van der Waals surface area contributed by atoms with Gasteiger partial charge in [-0.1, -0.05) is 0 Å². The van der Waals surface area contributed by atoms with Gasteiger partial charge in [-0.3, -0.25) is 4.79 Å². The Morgan fingerprint density at radius 2 is 1.75 bits per heavy atom. The second kappa shape index (κ2) is 3.60. The smallest absolute Gasteiger partial charge is 0.383 e. The van der Waals surface area contributed by atoms with Gasteiger partial charge in [-0.2, -0.15) is 13.2 Å². The number of allylic oxidation sites excluding steroid dienone is 1. The van der Waals surface area contributed by atoms with E-state index in [1.54, 1.807) is 14.1 Å². The maximum absolute atomic E-state index is 11.7. The zero-order valence-corrected chi connectivity index (χ0v) is 7.07. The predicted octanol–water partition coefficient (Wildman–Crippen LogP) is 1.58. The number of carbonyl (C=O) groups is 1. The number of nitrogens with zero attached hydrogens (tertiary/aromatic N) is 1. The highest BCUT2D eigenvalue weighted by Gasteiger charge is 2.39. The fourth-order valence-corrected chi connectivity index (χ4v) is 0.669. The molecule has 0 fully saturated rings. The third-order valence-corrected chi connectivity index (χ3v) is 1.07. The van der Waals surface area contributed by atoms with Crippen molar-refractivity contribution in [3.63, 3.8) is 0 Å². The molecule has 0 radical (unpaired) electrons. The van der Waals surface area contributed by atoms with E-state index >= 15 is 0 Å². The molecule has 0 aliphatic rings. The standard InChI is InChI=1S/C7H10F3NO/c1-5(4-11(2)3)6(12)7(8,9)10/h4H,1-3H3. The number of hydrogen-bond donors (Lipinski definition) is 0. The Balaban J connectivity index is 4.51. The molecule has 0 saturated heterocycles. The summed E-state index contributed by atoms with van der Waals surface area (Å²) in [7, 11) is 3.10. The highest BCUT2D eigenvalue weighted by atomic mass is 19.4. The summed E-state index contributed by atoms with van der Waals surface area (Å²) in [6.45, 7) is 1.13. The highest BCUT2D eigenvalue weighted by molar-refractivity contribution is 5.98. The molecule has 12 heavy (non-hydrogen) atoms. The molecule has 0 saturated carbocycles. The van der Waals surface area contributed by atoms with Gasteiger partial charge >= 0.3 is 6.18 Å². The van der Waals surface area contributed by atoms with E-state index in [9.17, 15) is 18.0 Å². The molecule has 0 heterocycles. The minimum Gasteiger partial charge on any atom is -0.383 e. The lowest BCUT2D eigenvalue weighted by molar-refractivity contribution is -0.166. The number of rotatable bonds is 2. The van der Waals surface area contributed by atoms with Crippen molar-refractivity contribution in [2.24, 2.45) is 0 Å². The van der Waals surface area contributed by atoms with Crippen LogP contribution in [0.25, 0.3) is 0 Å². The van der Waals surface area contributed by atoms with E-state index in [-0.39, 0.29) is 5.57 Å². The van der Waals surface area contributed by atoms with E-state index < -0.39 is 12.0 Å². The monoisotopic (exact) mass is 181 g/mol. The number of carbonyl (C=O) groups excluding carboxylic acids is 1. The normalized spacial score (nSPS) is 13.0. The zero-order chi connectivity index (χ0) is 9.94. The molecule has 0 spiro atoms. The van der Waals surface area contributed by atoms with Crippen LogP contribution in [0.1, 0.15) is 6.92 Å². The summed E-state index contributed by atoms with van der Waals surface area (Å²) < 4.78 is 35.2. The molecule has 0 rings (SSSR count). The molecule has 0 aromatic heterocycles. The summed E-state index contributed by atoms with van der Waals surface area (Å²) in [5, 5.41) is 0. The molecule has 0 aliphatic heterocycles. The van der Waals surface area contributed by atoms with Crippen molar-refractivity contribution in [2.45, 2.75) is 13.1 Å². The summed E-state index contributed by atoms with van der Waals surface area (Å²) in [6.07, 6.45) is -3.63. The van der Waals surface area contributed by atoms with Crippen LogP contribution < -0.4 is 0 Å². The fraction of sp³-hybridized carbons (Fsp3) is 0.571. The number of ketones is 1. The topological polar surface area (TPSA) is 20.3 Å². The Hall–Kier alpha value is -1.00. The van der Waals surface area contributed by atoms with Gasteiger partial charge < -0.3 is 4.90 Å². The molecule has 0 N–H and O–H groups in total. The molecule has 0 bridgehead atoms. The Labute approximate surface area is 68.7 Å². The SMILES string of the molecule is CC(=CN(C)C)C(=O)C(F)(F)F. The number of alkyl halides is 3.